The molecule has 0 bridgehead atoms. The van der Waals surface area contributed by atoms with Gasteiger partial charge in [0.05, 0.1) is 11.6 Å². The number of hydrogen-bond acceptors (Lipinski definition) is 4. The molecule has 0 unspecified atom stereocenters. The van der Waals surface area contributed by atoms with Crippen LogP contribution in [0, 0.1) is 5.92 Å². The van der Waals surface area contributed by atoms with E-state index in [1.54, 1.807) is 17.2 Å². The summed E-state index contributed by atoms with van der Waals surface area (Å²) < 4.78 is 0. The number of likely N-dealkylation sites (tertiary alicyclic amines) is 1. The van der Waals surface area contributed by atoms with Gasteiger partial charge in [0, 0.05) is 25.8 Å². The van der Waals surface area contributed by atoms with Gasteiger partial charge in [0.15, 0.2) is 0 Å². The molecule has 3 aromatic rings. The fourth-order valence-electron chi connectivity index (χ4n) is 3.74. The van der Waals surface area contributed by atoms with Crippen molar-refractivity contribution in [3.8, 4) is 11.4 Å². The minimum atomic E-state index is -0.184. The number of nitrogens with zero attached hydrogens (tertiary/aromatic N) is 3. The van der Waals surface area contributed by atoms with Crippen LogP contribution in [-0.4, -0.2) is 51.5 Å². The minimum absolute atomic E-state index is 0.0159. The van der Waals surface area contributed by atoms with E-state index in [0.29, 0.717) is 36.7 Å². The third-order valence-electron chi connectivity index (χ3n) is 5.37. The first-order valence-electron chi connectivity index (χ1n) is 10.3. The second-order valence-electron chi connectivity index (χ2n) is 7.50. The molecule has 30 heavy (non-hydrogen) atoms. The third-order valence-corrected chi connectivity index (χ3v) is 5.37. The maximum absolute atomic E-state index is 12.9. The van der Waals surface area contributed by atoms with E-state index >= 15 is 0 Å². The molecule has 7 nitrogen and oxygen atoms in total. The normalized spacial score (nSPS) is 16.3. The van der Waals surface area contributed by atoms with Crippen molar-refractivity contribution in [1.29, 1.82) is 0 Å². The van der Waals surface area contributed by atoms with Gasteiger partial charge in [0.25, 0.3) is 5.91 Å². The average molecular weight is 403 g/mol. The number of carbonyl (C=O) groups is 2. The molecule has 0 saturated carbocycles. The molecule has 1 fully saturated rings. The largest absolute Gasteiger partial charge is 0.355 e. The van der Waals surface area contributed by atoms with Gasteiger partial charge in [-0.05, 0) is 43.0 Å². The van der Waals surface area contributed by atoms with E-state index in [0.717, 1.165) is 19.3 Å². The zero-order valence-corrected chi connectivity index (χ0v) is 16.8. The molecule has 1 saturated heterocycles. The van der Waals surface area contributed by atoms with E-state index in [4.69, 9.17) is 0 Å². The number of aromatic amines is 1. The number of hydrogen-bond donors (Lipinski definition) is 2. The summed E-state index contributed by atoms with van der Waals surface area (Å²) in [5.74, 6) is -0.301. The van der Waals surface area contributed by atoms with Crippen LogP contribution in [-0.2, 0) is 11.2 Å². The van der Waals surface area contributed by atoms with Crippen LogP contribution >= 0.6 is 0 Å². The van der Waals surface area contributed by atoms with Gasteiger partial charge in [-0.25, -0.2) is 0 Å². The second-order valence-corrected chi connectivity index (χ2v) is 7.50. The van der Waals surface area contributed by atoms with Crippen LogP contribution in [0.5, 0.6) is 0 Å². The standard InChI is InChI=1S/C23H25N5O2/c29-22(25-13-11-17-7-2-1-3-8-17)18-9-6-14-28(16-18)23(30)21-15-20(26-27-21)19-10-4-5-12-24-19/h1-5,7-8,10,12,15,18H,6,9,11,13-14,16H2,(H,25,29)(H,26,27)/t18-/m0/s1. The Kier molecular flexibility index (Phi) is 6.17. The van der Waals surface area contributed by atoms with Crippen molar-refractivity contribution in [3.05, 3.63) is 72.1 Å². The molecule has 0 aliphatic carbocycles. The monoisotopic (exact) mass is 403 g/mol. The Bertz CT molecular complexity index is 987. The molecule has 3 heterocycles. The Morgan fingerprint density at radius 2 is 1.93 bits per heavy atom. The number of piperidine rings is 1. The molecule has 2 N–H and O–H groups in total. The van der Waals surface area contributed by atoms with Gasteiger partial charge in [-0.3, -0.25) is 19.7 Å². The summed E-state index contributed by atoms with van der Waals surface area (Å²) in [5, 5.41) is 10.0. The van der Waals surface area contributed by atoms with Crippen molar-refractivity contribution in [1.82, 2.24) is 25.4 Å². The highest BCUT2D eigenvalue weighted by Crippen LogP contribution is 2.20. The van der Waals surface area contributed by atoms with Gasteiger partial charge in [0.1, 0.15) is 11.4 Å². The minimum Gasteiger partial charge on any atom is -0.355 e. The maximum Gasteiger partial charge on any atom is 0.271 e. The predicted octanol–water partition coefficient (Wildman–Crippen LogP) is 2.68. The van der Waals surface area contributed by atoms with E-state index in [1.165, 1.54) is 5.56 Å². The van der Waals surface area contributed by atoms with Crippen molar-refractivity contribution in [2.24, 2.45) is 5.92 Å². The van der Waals surface area contributed by atoms with Crippen molar-refractivity contribution in [2.45, 2.75) is 19.3 Å². The Morgan fingerprint density at radius 1 is 1.10 bits per heavy atom. The molecular formula is C23H25N5O2. The van der Waals surface area contributed by atoms with Gasteiger partial charge in [-0.15, -0.1) is 0 Å². The van der Waals surface area contributed by atoms with Gasteiger partial charge < -0.3 is 10.2 Å². The molecule has 1 aromatic carbocycles. The maximum atomic E-state index is 12.9. The van der Waals surface area contributed by atoms with E-state index in [1.807, 2.05) is 36.4 Å². The SMILES string of the molecule is O=C(NCCc1ccccc1)[C@H]1CCCN(C(=O)c2cc(-c3ccccn3)n[nH]2)C1. The number of nitrogens with one attached hydrogen (secondary N) is 2. The molecule has 154 valence electrons. The fourth-order valence-corrected chi connectivity index (χ4v) is 3.74. The van der Waals surface area contributed by atoms with Crippen molar-refractivity contribution >= 4 is 11.8 Å². The average Bonchev–Trinajstić information content (AvgIpc) is 3.30. The van der Waals surface area contributed by atoms with Crippen LogP contribution in [0.1, 0.15) is 28.9 Å². The number of benzene rings is 1. The number of pyridine rings is 1. The van der Waals surface area contributed by atoms with Crippen LogP contribution in [0.25, 0.3) is 11.4 Å². The Morgan fingerprint density at radius 3 is 2.73 bits per heavy atom. The first-order valence-corrected chi connectivity index (χ1v) is 10.3. The highest BCUT2D eigenvalue weighted by molar-refractivity contribution is 5.93. The second kappa shape index (κ2) is 9.35. The first kappa shape index (κ1) is 19.8. The lowest BCUT2D eigenvalue weighted by Gasteiger charge is -2.31. The number of amides is 2. The molecule has 2 aromatic heterocycles. The third kappa shape index (κ3) is 4.74. The molecular weight excluding hydrogens is 378 g/mol. The smallest absolute Gasteiger partial charge is 0.271 e. The topological polar surface area (TPSA) is 91.0 Å². The van der Waals surface area contributed by atoms with Gasteiger partial charge >= 0.3 is 0 Å². The van der Waals surface area contributed by atoms with Gasteiger partial charge in [0.2, 0.25) is 5.91 Å². The van der Waals surface area contributed by atoms with E-state index in [2.05, 4.69) is 32.6 Å². The van der Waals surface area contributed by atoms with Crippen LogP contribution in [0.15, 0.2) is 60.8 Å². The molecule has 1 aliphatic heterocycles. The van der Waals surface area contributed by atoms with Crippen molar-refractivity contribution in [2.75, 3.05) is 19.6 Å². The summed E-state index contributed by atoms with van der Waals surface area (Å²) in [4.78, 5) is 31.5. The van der Waals surface area contributed by atoms with Crippen LogP contribution in [0.3, 0.4) is 0 Å². The highest BCUT2D eigenvalue weighted by atomic mass is 16.2. The zero-order valence-electron chi connectivity index (χ0n) is 16.8. The Balaban J connectivity index is 1.32. The van der Waals surface area contributed by atoms with Gasteiger partial charge in [-0.1, -0.05) is 36.4 Å². The number of rotatable bonds is 6. The van der Waals surface area contributed by atoms with Crippen molar-refractivity contribution in [3.63, 3.8) is 0 Å². The summed E-state index contributed by atoms with van der Waals surface area (Å²) in [6.45, 7) is 1.67. The lowest BCUT2D eigenvalue weighted by molar-refractivity contribution is -0.126. The van der Waals surface area contributed by atoms with E-state index < -0.39 is 0 Å². The van der Waals surface area contributed by atoms with Crippen LogP contribution in [0.2, 0.25) is 0 Å². The summed E-state index contributed by atoms with van der Waals surface area (Å²) in [6, 6.07) is 17.4. The lowest BCUT2D eigenvalue weighted by Crippen LogP contribution is -2.45. The van der Waals surface area contributed by atoms with Crippen LogP contribution in [0.4, 0.5) is 0 Å². The molecule has 2 amide bonds. The Hall–Kier alpha value is -3.48. The molecule has 4 rings (SSSR count). The fraction of sp³-hybridized carbons (Fsp3) is 0.304. The number of aromatic nitrogens is 3. The molecule has 0 radical (unpaired) electrons. The summed E-state index contributed by atoms with van der Waals surface area (Å²) in [5.41, 5.74) is 2.95. The Labute approximate surface area is 175 Å². The predicted molar refractivity (Wildman–Crippen MR) is 114 cm³/mol. The zero-order chi connectivity index (χ0) is 20.8. The molecule has 0 spiro atoms. The highest BCUT2D eigenvalue weighted by Gasteiger charge is 2.29. The molecule has 1 atom stereocenters. The van der Waals surface area contributed by atoms with Crippen LogP contribution < -0.4 is 5.32 Å². The lowest BCUT2D eigenvalue weighted by atomic mass is 9.96. The summed E-state index contributed by atoms with van der Waals surface area (Å²) in [6.07, 6.45) is 4.09. The van der Waals surface area contributed by atoms with E-state index in [9.17, 15) is 9.59 Å². The number of carbonyl (C=O) groups excluding carboxylic acids is 2. The number of H-pyrrole nitrogens is 1. The summed E-state index contributed by atoms with van der Waals surface area (Å²) >= 11 is 0. The molecule has 7 heteroatoms. The van der Waals surface area contributed by atoms with Crippen molar-refractivity contribution < 1.29 is 9.59 Å². The van der Waals surface area contributed by atoms with Gasteiger partial charge in [-0.2, -0.15) is 5.10 Å². The summed E-state index contributed by atoms with van der Waals surface area (Å²) in [7, 11) is 0. The van der Waals surface area contributed by atoms with E-state index in [-0.39, 0.29) is 17.7 Å². The quantitative estimate of drug-likeness (QED) is 0.662. The first-order chi connectivity index (χ1) is 14.7. The molecule has 1 aliphatic rings.